The Morgan fingerprint density at radius 3 is 2.57 bits per heavy atom. The molecule has 0 fully saturated rings. The molecule has 0 saturated carbocycles. The standard InChI is InChI=1S/C19H20ClN3O5/c1-4-22(11-18(24)21-15-10-14(20)7-5-12(15)2)19(25)13-6-8-17(28-3)16(9-13)23(26)27/h5-10H,4,11H2,1-3H3,(H,21,24). The number of rotatable bonds is 7. The zero-order chi connectivity index (χ0) is 20.8. The molecule has 0 bridgehead atoms. The number of carbonyl (C=O) groups excluding carboxylic acids is 2. The third kappa shape index (κ3) is 4.98. The highest BCUT2D eigenvalue weighted by atomic mass is 35.5. The second-order valence-electron chi connectivity index (χ2n) is 5.97. The molecule has 0 radical (unpaired) electrons. The lowest BCUT2D eigenvalue weighted by Gasteiger charge is -2.21. The Kier molecular flexibility index (Phi) is 6.94. The second kappa shape index (κ2) is 9.18. The number of hydrogen-bond donors (Lipinski definition) is 1. The summed E-state index contributed by atoms with van der Waals surface area (Å²) < 4.78 is 4.94. The molecule has 2 aromatic rings. The summed E-state index contributed by atoms with van der Waals surface area (Å²) >= 11 is 5.95. The molecule has 2 rings (SSSR count). The van der Waals surface area contributed by atoms with Gasteiger partial charge in [0.15, 0.2) is 5.75 Å². The number of benzene rings is 2. The summed E-state index contributed by atoms with van der Waals surface area (Å²) in [5, 5.41) is 14.4. The topological polar surface area (TPSA) is 102 Å². The molecule has 0 heterocycles. The van der Waals surface area contributed by atoms with Crippen molar-refractivity contribution in [3.05, 3.63) is 62.7 Å². The van der Waals surface area contributed by atoms with Gasteiger partial charge in [-0.2, -0.15) is 0 Å². The smallest absolute Gasteiger partial charge is 0.311 e. The van der Waals surface area contributed by atoms with Crippen LogP contribution in [-0.4, -0.2) is 41.8 Å². The number of ether oxygens (including phenoxy) is 1. The highest BCUT2D eigenvalue weighted by molar-refractivity contribution is 6.31. The SMILES string of the molecule is CCN(CC(=O)Nc1cc(Cl)ccc1C)C(=O)c1ccc(OC)c([N+](=O)[O-])c1. The molecule has 28 heavy (non-hydrogen) atoms. The van der Waals surface area contributed by atoms with Crippen LogP contribution in [0.25, 0.3) is 0 Å². The average molecular weight is 406 g/mol. The number of hydrogen-bond acceptors (Lipinski definition) is 5. The van der Waals surface area contributed by atoms with Gasteiger partial charge in [-0.1, -0.05) is 17.7 Å². The zero-order valence-electron chi connectivity index (χ0n) is 15.7. The number of nitro benzene ring substituents is 1. The minimum absolute atomic E-state index is 0.0544. The van der Waals surface area contributed by atoms with E-state index in [9.17, 15) is 19.7 Å². The molecule has 0 aliphatic carbocycles. The predicted molar refractivity (Wildman–Crippen MR) is 106 cm³/mol. The van der Waals surface area contributed by atoms with Crippen molar-refractivity contribution in [1.29, 1.82) is 0 Å². The van der Waals surface area contributed by atoms with Crippen molar-refractivity contribution >= 4 is 34.8 Å². The Morgan fingerprint density at radius 2 is 1.96 bits per heavy atom. The van der Waals surface area contributed by atoms with Crippen LogP contribution in [0.1, 0.15) is 22.8 Å². The van der Waals surface area contributed by atoms with Crippen LogP contribution in [0.4, 0.5) is 11.4 Å². The molecular formula is C19H20ClN3O5. The molecule has 0 unspecified atom stereocenters. The first kappa shape index (κ1) is 21.2. The van der Waals surface area contributed by atoms with E-state index < -0.39 is 16.7 Å². The van der Waals surface area contributed by atoms with Gasteiger partial charge >= 0.3 is 5.69 Å². The molecule has 0 aromatic heterocycles. The maximum Gasteiger partial charge on any atom is 0.311 e. The molecule has 0 spiro atoms. The molecule has 0 saturated heterocycles. The van der Waals surface area contributed by atoms with Gasteiger partial charge in [-0.25, -0.2) is 0 Å². The second-order valence-corrected chi connectivity index (χ2v) is 6.41. The van der Waals surface area contributed by atoms with E-state index >= 15 is 0 Å². The number of methoxy groups -OCH3 is 1. The highest BCUT2D eigenvalue weighted by Crippen LogP contribution is 2.28. The number of likely N-dealkylation sites (N-methyl/N-ethyl adjacent to an activating group) is 1. The minimum Gasteiger partial charge on any atom is -0.490 e. The van der Waals surface area contributed by atoms with E-state index in [-0.39, 0.29) is 30.1 Å². The highest BCUT2D eigenvalue weighted by Gasteiger charge is 2.22. The van der Waals surface area contributed by atoms with Gasteiger partial charge in [0.1, 0.15) is 6.54 Å². The number of amides is 2. The van der Waals surface area contributed by atoms with Gasteiger partial charge in [0.05, 0.1) is 12.0 Å². The van der Waals surface area contributed by atoms with E-state index in [0.717, 1.165) is 11.6 Å². The van der Waals surface area contributed by atoms with Gasteiger partial charge in [0.25, 0.3) is 5.91 Å². The van der Waals surface area contributed by atoms with Crippen molar-refractivity contribution in [3.8, 4) is 5.75 Å². The molecule has 2 amide bonds. The van der Waals surface area contributed by atoms with E-state index in [1.807, 2.05) is 6.92 Å². The fourth-order valence-electron chi connectivity index (χ4n) is 2.57. The van der Waals surface area contributed by atoms with Gasteiger partial charge in [-0.3, -0.25) is 19.7 Å². The zero-order valence-corrected chi connectivity index (χ0v) is 16.4. The Hall–Kier alpha value is -3.13. The monoisotopic (exact) mass is 405 g/mol. The van der Waals surface area contributed by atoms with E-state index in [4.69, 9.17) is 16.3 Å². The van der Waals surface area contributed by atoms with Crippen LogP contribution in [0.2, 0.25) is 5.02 Å². The number of aryl methyl sites for hydroxylation is 1. The summed E-state index contributed by atoms with van der Waals surface area (Å²) in [6.07, 6.45) is 0. The number of nitro groups is 1. The van der Waals surface area contributed by atoms with Crippen LogP contribution >= 0.6 is 11.6 Å². The molecule has 148 valence electrons. The number of carbonyl (C=O) groups is 2. The maximum atomic E-state index is 12.7. The Labute approximate surface area is 167 Å². The lowest BCUT2D eigenvalue weighted by atomic mass is 10.1. The molecule has 2 aromatic carbocycles. The van der Waals surface area contributed by atoms with E-state index in [1.165, 1.54) is 24.1 Å². The van der Waals surface area contributed by atoms with E-state index in [2.05, 4.69) is 5.32 Å². The summed E-state index contributed by atoms with van der Waals surface area (Å²) in [6.45, 7) is 3.58. The first-order valence-electron chi connectivity index (χ1n) is 8.44. The normalized spacial score (nSPS) is 10.3. The Balaban J connectivity index is 2.17. The summed E-state index contributed by atoms with van der Waals surface area (Å²) in [6, 6.07) is 9.04. The maximum absolute atomic E-state index is 12.7. The predicted octanol–water partition coefficient (Wildman–Crippen LogP) is 3.67. The van der Waals surface area contributed by atoms with Crippen LogP contribution in [-0.2, 0) is 4.79 Å². The fourth-order valence-corrected chi connectivity index (χ4v) is 2.74. The summed E-state index contributed by atoms with van der Waals surface area (Å²) in [4.78, 5) is 36.9. The van der Waals surface area contributed by atoms with E-state index in [0.29, 0.717) is 10.7 Å². The third-order valence-corrected chi connectivity index (χ3v) is 4.33. The van der Waals surface area contributed by atoms with Crippen LogP contribution in [0.3, 0.4) is 0 Å². The first-order chi connectivity index (χ1) is 13.3. The van der Waals surface area contributed by atoms with Gasteiger partial charge in [0.2, 0.25) is 5.91 Å². The van der Waals surface area contributed by atoms with E-state index in [1.54, 1.807) is 25.1 Å². The quantitative estimate of drug-likeness (QED) is 0.559. The van der Waals surface area contributed by atoms with Gasteiger partial charge < -0.3 is 15.0 Å². The molecule has 1 N–H and O–H groups in total. The first-order valence-corrected chi connectivity index (χ1v) is 8.82. The van der Waals surface area contributed by atoms with Gasteiger partial charge in [-0.05, 0) is 43.7 Å². The molecule has 0 aliphatic heterocycles. The summed E-state index contributed by atoms with van der Waals surface area (Å²) in [7, 11) is 1.31. The largest absolute Gasteiger partial charge is 0.490 e. The molecule has 8 nitrogen and oxygen atoms in total. The average Bonchev–Trinajstić information content (AvgIpc) is 2.67. The van der Waals surface area contributed by atoms with Crippen molar-refractivity contribution < 1.29 is 19.2 Å². The lowest BCUT2D eigenvalue weighted by Crippen LogP contribution is -2.38. The van der Waals surface area contributed by atoms with Crippen LogP contribution in [0.15, 0.2) is 36.4 Å². The van der Waals surface area contributed by atoms with Crippen LogP contribution in [0, 0.1) is 17.0 Å². The number of nitrogens with one attached hydrogen (secondary N) is 1. The summed E-state index contributed by atoms with van der Waals surface area (Å²) in [5.41, 5.74) is 1.17. The number of anilines is 1. The number of halogens is 1. The van der Waals surface area contributed by atoms with Gasteiger partial charge in [0, 0.05) is 28.9 Å². The molecule has 0 atom stereocenters. The number of nitrogens with zero attached hydrogens (tertiary/aromatic N) is 2. The Morgan fingerprint density at radius 1 is 1.25 bits per heavy atom. The molecule has 9 heteroatoms. The minimum atomic E-state index is -0.624. The van der Waals surface area contributed by atoms with Crippen molar-refractivity contribution in [3.63, 3.8) is 0 Å². The lowest BCUT2D eigenvalue weighted by molar-refractivity contribution is -0.385. The van der Waals surface area contributed by atoms with Crippen LogP contribution < -0.4 is 10.1 Å². The fraction of sp³-hybridized carbons (Fsp3) is 0.263. The van der Waals surface area contributed by atoms with Crippen LogP contribution in [0.5, 0.6) is 5.75 Å². The van der Waals surface area contributed by atoms with Gasteiger partial charge in [-0.15, -0.1) is 0 Å². The summed E-state index contributed by atoms with van der Waals surface area (Å²) in [5.74, 6) is -0.839. The third-order valence-electron chi connectivity index (χ3n) is 4.10. The Bertz CT molecular complexity index is 916. The van der Waals surface area contributed by atoms with Crippen molar-refractivity contribution in [2.24, 2.45) is 0 Å². The molecular weight excluding hydrogens is 386 g/mol. The molecule has 0 aliphatic rings. The van der Waals surface area contributed by atoms with Crippen molar-refractivity contribution in [2.45, 2.75) is 13.8 Å². The van der Waals surface area contributed by atoms with Crippen molar-refractivity contribution in [1.82, 2.24) is 4.90 Å². The van der Waals surface area contributed by atoms with Crippen molar-refractivity contribution in [2.75, 3.05) is 25.5 Å².